The summed E-state index contributed by atoms with van der Waals surface area (Å²) in [5.74, 6) is 0.762. The maximum Gasteiger partial charge on any atom is 0.154 e. The van der Waals surface area contributed by atoms with E-state index in [9.17, 15) is 4.79 Å². The summed E-state index contributed by atoms with van der Waals surface area (Å²) in [5, 5.41) is 3.30. The molecule has 14 heavy (non-hydrogen) atoms. The summed E-state index contributed by atoms with van der Waals surface area (Å²) in [6.07, 6.45) is 4.50. The molecular formula is C11H20N2O. The summed E-state index contributed by atoms with van der Waals surface area (Å²) in [4.78, 5) is 14.3. The van der Waals surface area contributed by atoms with E-state index in [1.54, 1.807) is 0 Å². The van der Waals surface area contributed by atoms with E-state index in [1.165, 1.54) is 12.8 Å². The second-order valence-corrected chi connectivity index (χ2v) is 4.65. The van der Waals surface area contributed by atoms with Crippen LogP contribution in [-0.2, 0) is 4.79 Å². The molecule has 2 fully saturated rings. The van der Waals surface area contributed by atoms with Crippen LogP contribution in [0.1, 0.15) is 25.7 Å². The summed E-state index contributed by atoms with van der Waals surface area (Å²) < 4.78 is 0. The number of ketones is 1. The molecular weight excluding hydrogens is 176 g/mol. The number of Topliss-reactive ketones (excluding diaryl/α,β-unsaturated/α-hetero) is 1. The fourth-order valence-electron chi connectivity index (χ4n) is 2.61. The molecule has 2 aliphatic rings. The SMILES string of the molecule is CN1CCCC(C(=O)C2CCCN2)C1. The molecule has 3 heteroatoms. The quantitative estimate of drug-likeness (QED) is 0.704. The highest BCUT2D eigenvalue weighted by atomic mass is 16.1. The van der Waals surface area contributed by atoms with E-state index in [0.29, 0.717) is 11.7 Å². The third-order valence-corrected chi connectivity index (χ3v) is 3.43. The minimum Gasteiger partial charge on any atom is -0.307 e. The van der Waals surface area contributed by atoms with Gasteiger partial charge in [-0.1, -0.05) is 0 Å². The van der Waals surface area contributed by atoms with Crippen molar-refractivity contribution in [3.63, 3.8) is 0 Å². The average Bonchev–Trinajstić information content (AvgIpc) is 2.69. The minimum atomic E-state index is 0.173. The molecule has 2 heterocycles. The van der Waals surface area contributed by atoms with E-state index in [2.05, 4.69) is 17.3 Å². The molecule has 3 nitrogen and oxygen atoms in total. The first kappa shape index (κ1) is 10.1. The number of nitrogens with zero attached hydrogens (tertiary/aromatic N) is 1. The number of nitrogens with one attached hydrogen (secondary N) is 1. The smallest absolute Gasteiger partial charge is 0.154 e. The van der Waals surface area contributed by atoms with Crippen molar-refractivity contribution in [3.8, 4) is 0 Å². The van der Waals surface area contributed by atoms with Crippen molar-refractivity contribution in [2.45, 2.75) is 31.7 Å². The van der Waals surface area contributed by atoms with Gasteiger partial charge in [0.25, 0.3) is 0 Å². The Kier molecular flexibility index (Phi) is 3.19. The highest BCUT2D eigenvalue weighted by Crippen LogP contribution is 2.20. The van der Waals surface area contributed by atoms with Gasteiger partial charge in [0.1, 0.15) is 0 Å². The van der Waals surface area contributed by atoms with Gasteiger partial charge < -0.3 is 10.2 Å². The highest BCUT2D eigenvalue weighted by Gasteiger charge is 2.30. The van der Waals surface area contributed by atoms with Gasteiger partial charge in [-0.15, -0.1) is 0 Å². The topological polar surface area (TPSA) is 32.3 Å². The Morgan fingerprint density at radius 2 is 2.21 bits per heavy atom. The normalized spacial score (nSPS) is 34.6. The average molecular weight is 196 g/mol. The highest BCUT2D eigenvalue weighted by molar-refractivity contribution is 5.86. The molecule has 2 atom stereocenters. The molecule has 2 unspecified atom stereocenters. The first-order valence-corrected chi connectivity index (χ1v) is 5.73. The van der Waals surface area contributed by atoms with Gasteiger partial charge in [0.05, 0.1) is 6.04 Å². The van der Waals surface area contributed by atoms with Crippen molar-refractivity contribution in [1.82, 2.24) is 10.2 Å². The molecule has 1 N–H and O–H groups in total. The molecule has 0 radical (unpaired) electrons. The standard InChI is InChI=1S/C11H20N2O/c1-13-7-3-4-9(8-13)11(14)10-5-2-6-12-10/h9-10,12H,2-8H2,1H3. The summed E-state index contributed by atoms with van der Waals surface area (Å²) >= 11 is 0. The van der Waals surface area contributed by atoms with Gasteiger partial charge in [0.2, 0.25) is 0 Å². The predicted octanol–water partition coefficient (Wildman–Crippen LogP) is 0.649. The fraction of sp³-hybridized carbons (Fsp3) is 0.909. The number of likely N-dealkylation sites (tertiary alicyclic amines) is 1. The van der Waals surface area contributed by atoms with Gasteiger partial charge in [-0.2, -0.15) is 0 Å². The lowest BCUT2D eigenvalue weighted by Crippen LogP contribution is -2.43. The van der Waals surface area contributed by atoms with Gasteiger partial charge in [-0.3, -0.25) is 4.79 Å². The Balaban J connectivity index is 1.89. The molecule has 0 aromatic rings. The van der Waals surface area contributed by atoms with Crippen LogP contribution in [-0.4, -0.2) is 43.4 Å². The first-order valence-electron chi connectivity index (χ1n) is 5.73. The lowest BCUT2D eigenvalue weighted by Gasteiger charge is -2.30. The van der Waals surface area contributed by atoms with Gasteiger partial charge in [0.15, 0.2) is 5.78 Å². The van der Waals surface area contributed by atoms with E-state index < -0.39 is 0 Å². The predicted molar refractivity (Wildman–Crippen MR) is 56.3 cm³/mol. The van der Waals surface area contributed by atoms with Gasteiger partial charge in [0, 0.05) is 12.5 Å². The van der Waals surface area contributed by atoms with Gasteiger partial charge >= 0.3 is 0 Å². The molecule has 0 bridgehead atoms. The number of hydrogen-bond donors (Lipinski definition) is 1. The minimum absolute atomic E-state index is 0.173. The third kappa shape index (κ3) is 2.15. The van der Waals surface area contributed by atoms with E-state index in [0.717, 1.165) is 32.5 Å². The summed E-state index contributed by atoms with van der Waals surface area (Å²) in [5.41, 5.74) is 0. The second-order valence-electron chi connectivity index (χ2n) is 4.65. The van der Waals surface area contributed by atoms with Crippen molar-refractivity contribution >= 4 is 5.78 Å². The van der Waals surface area contributed by atoms with Crippen LogP contribution < -0.4 is 5.32 Å². The van der Waals surface area contributed by atoms with E-state index in [4.69, 9.17) is 0 Å². The van der Waals surface area contributed by atoms with Gasteiger partial charge in [-0.05, 0) is 45.8 Å². The zero-order chi connectivity index (χ0) is 9.97. The maximum absolute atomic E-state index is 12.1. The van der Waals surface area contributed by atoms with Crippen LogP contribution in [0.5, 0.6) is 0 Å². The zero-order valence-corrected chi connectivity index (χ0v) is 8.96. The second kappa shape index (κ2) is 4.41. The van der Waals surface area contributed by atoms with E-state index >= 15 is 0 Å². The van der Waals surface area contributed by atoms with Crippen LogP contribution in [0.3, 0.4) is 0 Å². The first-order chi connectivity index (χ1) is 6.77. The fourth-order valence-corrected chi connectivity index (χ4v) is 2.61. The van der Waals surface area contributed by atoms with Crippen LogP contribution in [0.2, 0.25) is 0 Å². The van der Waals surface area contributed by atoms with Gasteiger partial charge in [-0.25, -0.2) is 0 Å². The molecule has 0 aromatic carbocycles. The molecule has 2 saturated heterocycles. The van der Waals surface area contributed by atoms with Crippen LogP contribution in [0.25, 0.3) is 0 Å². The molecule has 0 aliphatic carbocycles. The van der Waals surface area contributed by atoms with Crippen LogP contribution in [0, 0.1) is 5.92 Å². The van der Waals surface area contributed by atoms with Crippen LogP contribution in [0.15, 0.2) is 0 Å². The number of carbonyl (C=O) groups excluding carboxylic acids is 1. The van der Waals surface area contributed by atoms with Crippen molar-refractivity contribution < 1.29 is 4.79 Å². The Labute approximate surface area is 85.8 Å². The molecule has 0 amide bonds. The van der Waals surface area contributed by atoms with E-state index in [1.807, 2.05) is 0 Å². The summed E-state index contributed by atoms with van der Waals surface area (Å²) in [6.45, 7) is 3.15. The van der Waals surface area contributed by atoms with Crippen LogP contribution >= 0.6 is 0 Å². The Morgan fingerprint density at radius 3 is 2.86 bits per heavy atom. The molecule has 2 rings (SSSR count). The molecule has 80 valence electrons. The molecule has 2 aliphatic heterocycles. The Morgan fingerprint density at radius 1 is 1.36 bits per heavy atom. The molecule has 0 spiro atoms. The number of hydrogen-bond acceptors (Lipinski definition) is 3. The largest absolute Gasteiger partial charge is 0.307 e. The summed E-state index contributed by atoms with van der Waals surface area (Å²) in [6, 6.07) is 0.173. The van der Waals surface area contributed by atoms with Crippen molar-refractivity contribution in [1.29, 1.82) is 0 Å². The number of carbonyl (C=O) groups is 1. The van der Waals surface area contributed by atoms with Crippen molar-refractivity contribution in [2.24, 2.45) is 5.92 Å². The Hall–Kier alpha value is -0.410. The van der Waals surface area contributed by atoms with Crippen molar-refractivity contribution in [2.75, 3.05) is 26.7 Å². The third-order valence-electron chi connectivity index (χ3n) is 3.43. The lowest BCUT2D eigenvalue weighted by molar-refractivity contribution is -0.126. The number of piperidine rings is 1. The molecule has 0 saturated carbocycles. The van der Waals surface area contributed by atoms with Crippen LogP contribution in [0.4, 0.5) is 0 Å². The molecule has 0 aromatic heterocycles. The maximum atomic E-state index is 12.1. The monoisotopic (exact) mass is 196 g/mol. The summed E-state index contributed by atoms with van der Waals surface area (Å²) in [7, 11) is 2.11. The number of rotatable bonds is 2. The Bertz CT molecular complexity index is 211. The zero-order valence-electron chi connectivity index (χ0n) is 8.96. The van der Waals surface area contributed by atoms with E-state index in [-0.39, 0.29) is 6.04 Å². The lowest BCUT2D eigenvalue weighted by atomic mass is 9.90. The van der Waals surface area contributed by atoms with Crippen molar-refractivity contribution in [3.05, 3.63) is 0 Å².